The molecule has 3 aromatic rings. The molecule has 34 heavy (non-hydrogen) atoms. The van der Waals surface area contributed by atoms with Gasteiger partial charge in [-0.25, -0.2) is 0 Å². The molecule has 1 saturated heterocycles. The van der Waals surface area contributed by atoms with Crippen LogP contribution >= 0.6 is 11.6 Å². The molecule has 1 amide bonds. The second kappa shape index (κ2) is 9.87. The lowest BCUT2D eigenvalue weighted by Gasteiger charge is -2.31. The number of nitrogens with zero attached hydrogens (tertiary/aromatic N) is 2. The molecule has 0 aliphatic carbocycles. The average molecular weight is 475 g/mol. The topological polar surface area (TPSA) is 66.0 Å². The molecule has 1 fully saturated rings. The van der Waals surface area contributed by atoms with Crippen LogP contribution in [0.15, 0.2) is 71.8 Å². The van der Waals surface area contributed by atoms with E-state index >= 15 is 0 Å². The van der Waals surface area contributed by atoms with Crippen LogP contribution < -0.4 is 15.6 Å². The Hall–Kier alpha value is -3.35. The van der Waals surface area contributed by atoms with Crippen LogP contribution in [0.3, 0.4) is 0 Å². The van der Waals surface area contributed by atoms with E-state index in [-0.39, 0.29) is 12.1 Å². The first kappa shape index (κ1) is 22.4. The zero-order chi connectivity index (χ0) is 23.5. The highest BCUT2D eigenvalue weighted by atomic mass is 35.5. The second-order valence-corrected chi connectivity index (χ2v) is 8.91. The maximum absolute atomic E-state index is 13.2. The molecule has 0 saturated carbocycles. The molecular formula is C27H27ClN4O2. The molecule has 1 atom stereocenters. The number of amides is 1. The van der Waals surface area contributed by atoms with Gasteiger partial charge in [-0.3, -0.25) is 10.2 Å². The number of rotatable bonds is 5. The van der Waals surface area contributed by atoms with E-state index in [1.807, 2.05) is 42.5 Å². The van der Waals surface area contributed by atoms with Crippen molar-refractivity contribution in [1.82, 2.24) is 5.43 Å². The number of fused-ring (bicyclic) bond motifs is 1. The summed E-state index contributed by atoms with van der Waals surface area (Å²) in [6.07, 6.45) is 3.21. The molecule has 0 aromatic heterocycles. The predicted octanol–water partition coefficient (Wildman–Crippen LogP) is 5.58. The van der Waals surface area contributed by atoms with E-state index < -0.39 is 0 Å². The number of ether oxygens (including phenoxy) is 1. The van der Waals surface area contributed by atoms with Gasteiger partial charge >= 0.3 is 0 Å². The average Bonchev–Trinajstić information content (AvgIpc) is 2.88. The van der Waals surface area contributed by atoms with Crippen LogP contribution in [0, 0.1) is 0 Å². The Balaban J connectivity index is 1.55. The molecule has 0 radical (unpaired) electrons. The van der Waals surface area contributed by atoms with E-state index in [1.54, 1.807) is 19.2 Å². The van der Waals surface area contributed by atoms with Gasteiger partial charge in [0.05, 0.1) is 27.7 Å². The van der Waals surface area contributed by atoms with Crippen molar-refractivity contribution in [3.8, 4) is 0 Å². The molecule has 0 bridgehead atoms. The number of benzene rings is 3. The molecule has 1 unspecified atom stereocenters. The van der Waals surface area contributed by atoms with Gasteiger partial charge in [0.15, 0.2) is 6.23 Å². The van der Waals surface area contributed by atoms with E-state index in [1.165, 1.54) is 6.42 Å². The number of hydrogen-bond acceptors (Lipinski definition) is 5. The Labute approximate surface area is 204 Å². The first-order chi connectivity index (χ1) is 16.7. The number of halogens is 1. The van der Waals surface area contributed by atoms with Gasteiger partial charge in [0, 0.05) is 36.9 Å². The van der Waals surface area contributed by atoms with Crippen molar-refractivity contribution in [3.63, 3.8) is 0 Å². The Morgan fingerprint density at radius 1 is 1.06 bits per heavy atom. The Morgan fingerprint density at radius 3 is 2.62 bits per heavy atom. The zero-order valence-corrected chi connectivity index (χ0v) is 19.8. The zero-order valence-electron chi connectivity index (χ0n) is 19.1. The lowest BCUT2D eigenvalue weighted by Crippen LogP contribution is -2.31. The normalized spacial score (nSPS) is 17.4. The fourth-order valence-electron chi connectivity index (χ4n) is 4.62. The quantitative estimate of drug-likeness (QED) is 0.506. The molecule has 7 heteroatoms. The van der Waals surface area contributed by atoms with Crippen molar-refractivity contribution < 1.29 is 9.53 Å². The van der Waals surface area contributed by atoms with Crippen molar-refractivity contribution in [1.29, 1.82) is 0 Å². The second-order valence-electron chi connectivity index (χ2n) is 8.51. The van der Waals surface area contributed by atoms with Gasteiger partial charge in [-0.05, 0) is 43.5 Å². The van der Waals surface area contributed by atoms with E-state index in [0.29, 0.717) is 10.6 Å². The number of piperidine rings is 1. The van der Waals surface area contributed by atoms with Crippen LogP contribution in [0.5, 0.6) is 0 Å². The third-order valence-electron chi connectivity index (χ3n) is 6.36. The lowest BCUT2D eigenvalue weighted by molar-refractivity contribution is 0.0731. The van der Waals surface area contributed by atoms with E-state index in [4.69, 9.17) is 16.3 Å². The maximum Gasteiger partial charge on any atom is 0.257 e. The minimum atomic E-state index is -0.299. The SMILES string of the molecule is COC1NN=C(c2ccc(N3CCCCC3)c(NC(=O)c3ccccc3Cl)c2)c2ccccc21. The molecule has 2 aliphatic heterocycles. The molecule has 2 aliphatic rings. The van der Waals surface area contributed by atoms with Gasteiger partial charge in [0.2, 0.25) is 0 Å². The smallest absolute Gasteiger partial charge is 0.257 e. The summed E-state index contributed by atoms with van der Waals surface area (Å²) in [7, 11) is 1.66. The van der Waals surface area contributed by atoms with Crippen LogP contribution in [0.2, 0.25) is 5.02 Å². The summed E-state index contributed by atoms with van der Waals surface area (Å²) in [5.74, 6) is -0.232. The van der Waals surface area contributed by atoms with Crippen molar-refractivity contribution in [2.24, 2.45) is 5.10 Å². The molecule has 6 nitrogen and oxygen atoms in total. The minimum absolute atomic E-state index is 0.232. The standard InChI is InChI=1S/C27H27ClN4O2/c1-34-27-20-10-4-3-9-19(20)25(30-31-27)18-13-14-24(32-15-7-2-8-16-32)23(17-18)29-26(33)21-11-5-6-12-22(21)28/h3-6,9-14,17,27,31H,2,7-8,15-16H2,1H3,(H,29,33). The van der Waals surface area contributed by atoms with Crippen molar-refractivity contribution in [2.75, 3.05) is 30.4 Å². The summed E-state index contributed by atoms with van der Waals surface area (Å²) in [6.45, 7) is 1.93. The number of hydrogen-bond donors (Lipinski definition) is 2. The van der Waals surface area contributed by atoms with Crippen molar-refractivity contribution >= 4 is 34.6 Å². The monoisotopic (exact) mass is 474 g/mol. The molecular weight excluding hydrogens is 448 g/mol. The van der Waals surface area contributed by atoms with Crippen LogP contribution in [0.25, 0.3) is 0 Å². The summed E-state index contributed by atoms with van der Waals surface area (Å²) in [5.41, 5.74) is 9.04. The molecule has 2 heterocycles. The van der Waals surface area contributed by atoms with Gasteiger partial charge in [-0.1, -0.05) is 54.1 Å². The van der Waals surface area contributed by atoms with Crippen LogP contribution in [-0.4, -0.2) is 31.8 Å². The fraction of sp³-hybridized carbons (Fsp3) is 0.259. The van der Waals surface area contributed by atoms with Gasteiger partial charge in [0.1, 0.15) is 0 Å². The van der Waals surface area contributed by atoms with Gasteiger partial charge in [-0.15, -0.1) is 0 Å². The van der Waals surface area contributed by atoms with E-state index in [2.05, 4.69) is 32.9 Å². The summed E-state index contributed by atoms with van der Waals surface area (Å²) in [5, 5.41) is 8.17. The highest BCUT2D eigenvalue weighted by molar-refractivity contribution is 6.34. The molecule has 174 valence electrons. The highest BCUT2D eigenvalue weighted by Gasteiger charge is 2.25. The lowest BCUT2D eigenvalue weighted by atomic mass is 9.94. The largest absolute Gasteiger partial charge is 0.370 e. The van der Waals surface area contributed by atoms with Crippen molar-refractivity contribution in [3.05, 3.63) is 94.0 Å². The number of methoxy groups -OCH3 is 1. The number of nitrogens with one attached hydrogen (secondary N) is 2. The number of carbonyl (C=O) groups excluding carboxylic acids is 1. The summed E-state index contributed by atoms with van der Waals surface area (Å²) in [6, 6.07) is 21.3. The van der Waals surface area contributed by atoms with E-state index in [0.717, 1.165) is 59.7 Å². The van der Waals surface area contributed by atoms with Crippen LogP contribution in [-0.2, 0) is 4.74 Å². The van der Waals surface area contributed by atoms with Gasteiger partial charge < -0.3 is 15.0 Å². The first-order valence-electron chi connectivity index (χ1n) is 11.6. The Kier molecular flexibility index (Phi) is 6.52. The molecule has 0 spiro atoms. The first-order valence-corrected chi connectivity index (χ1v) is 11.9. The highest BCUT2D eigenvalue weighted by Crippen LogP contribution is 2.33. The number of anilines is 2. The number of hydrazone groups is 1. The molecule has 2 N–H and O–H groups in total. The number of carbonyl (C=O) groups is 1. The minimum Gasteiger partial charge on any atom is -0.370 e. The third kappa shape index (κ3) is 4.39. The van der Waals surface area contributed by atoms with Gasteiger partial charge in [0.25, 0.3) is 5.91 Å². The summed E-state index contributed by atoms with van der Waals surface area (Å²) >= 11 is 6.30. The molecule has 3 aromatic carbocycles. The predicted molar refractivity (Wildman–Crippen MR) is 137 cm³/mol. The van der Waals surface area contributed by atoms with E-state index in [9.17, 15) is 4.79 Å². The summed E-state index contributed by atoms with van der Waals surface area (Å²) < 4.78 is 5.54. The van der Waals surface area contributed by atoms with Crippen molar-refractivity contribution in [2.45, 2.75) is 25.5 Å². The fourth-order valence-corrected chi connectivity index (χ4v) is 4.84. The Bertz CT molecular complexity index is 1240. The summed E-state index contributed by atoms with van der Waals surface area (Å²) in [4.78, 5) is 15.5. The maximum atomic E-state index is 13.2. The molecule has 5 rings (SSSR count). The Morgan fingerprint density at radius 2 is 1.82 bits per heavy atom. The van der Waals surface area contributed by atoms with Crippen LogP contribution in [0.4, 0.5) is 11.4 Å². The van der Waals surface area contributed by atoms with Gasteiger partial charge in [-0.2, -0.15) is 5.10 Å². The van der Waals surface area contributed by atoms with Crippen LogP contribution in [0.1, 0.15) is 52.5 Å². The third-order valence-corrected chi connectivity index (χ3v) is 6.69.